The second-order valence-electron chi connectivity index (χ2n) is 5.26. The Morgan fingerprint density at radius 2 is 2.35 bits per heavy atom. The average Bonchev–Trinajstić information content (AvgIpc) is 2.97. The van der Waals surface area contributed by atoms with E-state index in [1.807, 2.05) is 18.2 Å². The van der Waals surface area contributed by atoms with Gasteiger partial charge < -0.3 is 20.5 Å². The van der Waals surface area contributed by atoms with Crippen molar-refractivity contribution >= 4 is 17.2 Å². The molecule has 0 bridgehead atoms. The van der Waals surface area contributed by atoms with Gasteiger partial charge in [-0.25, -0.2) is 0 Å². The summed E-state index contributed by atoms with van der Waals surface area (Å²) in [6.45, 7) is 3.64. The molecule has 0 spiro atoms. The number of nitrogens with two attached hydrogens (primary N) is 1. The molecule has 2 heterocycles. The van der Waals surface area contributed by atoms with Crippen molar-refractivity contribution in [2.45, 2.75) is 38.4 Å². The summed E-state index contributed by atoms with van der Waals surface area (Å²) in [6.07, 6.45) is 3.34. The topological polar surface area (TPSA) is 68.9 Å². The Balaban J connectivity index is 1.77. The molecule has 0 radical (unpaired) electrons. The molecule has 2 unspecified atom stereocenters. The third-order valence-corrected chi connectivity index (χ3v) is 3.70. The van der Waals surface area contributed by atoms with E-state index in [0.717, 1.165) is 43.1 Å². The monoisotopic (exact) mass is 275 g/mol. The van der Waals surface area contributed by atoms with E-state index in [2.05, 4.69) is 17.2 Å². The van der Waals surface area contributed by atoms with Gasteiger partial charge in [-0.3, -0.25) is 4.99 Å². The Kier molecular flexibility index (Phi) is 3.78. The van der Waals surface area contributed by atoms with Crippen molar-refractivity contribution in [2.75, 3.05) is 24.2 Å². The van der Waals surface area contributed by atoms with Crippen molar-refractivity contribution in [3.63, 3.8) is 0 Å². The molecule has 5 heteroatoms. The van der Waals surface area contributed by atoms with E-state index in [9.17, 15) is 0 Å². The van der Waals surface area contributed by atoms with Crippen LogP contribution in [0.4, 0.5) is 11.4 Å². The summed E-state index contributed by atoms with van der Waals surface area (Å²) in [5.41, 5.74) is 7.42. The third kappa shape index (κ3) is 2.72. The van der Waals surface area contributed by atoms with Gasteiger partial charge in [-0.15, -0.1) is 0 Å². The predicted molar refractivity (Wildman–Crippen MR) is 80.5 cm³/mol. The van der Waals surface area contributed by atoms with Crippen LogP contribution in [0.3, 0.4) is 0 Å². The highest BCUT2D eigenvalue weighted by molar-refractivity contribution is 6.02. The molecule has 0 aliphatic carbocycles. The van der Waals surface area contributed by atoms with Crippen LogP contribution in [0.25, 0.3) is 0 Å². The summed E-state index contributed by atoms with van der Waals surface area (Å²) in [6, 6.07) is 5.63. The average molecular weight is 275 g/mol. The van der Waals surface area contributed by atoms with E-state index in [1.54, 1.807) is 0 Å². The lowest BCUT2D eigenvalue weighted by Gasteiger charge is -2.28. The molecule has 1 aromatic carbocycles. The first-order valence-electron chi connectivity index (χ1n) is 7.25. The molecule has 2 atom stereocenters. The van der Waals surface area contributed by atoms with Crippen molar-refractivity contribution in [2.24, 2.45) is 4.99 Å². The molecule has 0 amide bonds. The maximum absolute atomic E-state index is 5.97. The fourth-order valence-electron chi connectivity index (χ4n) is 2.58. The fourth-order valence-corrected chi connectivity index (χ4v) is 2.58. The number of hydrogen-bond donors (Lipinski definition) is 2. The summed E-state index contributed by atoms with van der Waals surface area (Å²) in [4.78, 5) is 4.66. The maximum Gasteiger partial charge on any atom is 0.155 e. The number of rotatable bonds is 3. The normalized spacial score (nSPS) is 26.9. The van der Waals surface area contributed by atoms with Crippen molar-refractivity contribution in [3.8, 4) is 5.75 Å². The summed E-state index contributed by atoms with van der Waals surface area (Å²) < 4.78 is 11.6. The molecule has 1 fully saturated rings. The van der Waals surface area contributed by atoms with E-state index in [-0.39, 0.29) is 12.2 Å². The van der Waals surface area contributed by atoms with Crippen LogP contribution in [-0.4, -0.2) is 31.2 Å². The van der Waals surface area contributed by atoms with Crippen LogP contribution in [-0.2, 0) is 4.74 Å². The maximum atomic E-state index is 5.97. The van der Waals surface area contributed by atoms with Gasteiger partial charge in [0, 0.05) is 12.3 Å². The van der Waals surface area contributed by atoms with Gasteiger partial charge in [0.2, 0.25) is 0 Å². The molecular weight excluding hydrogens is 254 g/mol. The molecule has 2 aliphatic rings. The molecule has 108 valence electrons. The number of anilines is 2. The van der Waals surface area contributed by atoms with Crippen molar-refractivity contribution < 1.29 is 9.47 Å². The SMILES string of the molecule is CCC1Oc2ccc(N)cc2NC1=NCC1CCCO1. The number of fused-ring (bicyclic) bond motifs is 1. The van der Waals surface area contributed by atoms with E-state index < -0.39 is 0 Å². The van der Waals surface area contributed by atoms with E-state index >= 15 is 0 Å². The number of nitrogen functional groups attached to an aromatic ring is 1. The fraction of sp³-hybridized carbons (Fsp3) is 0.533. The molecule has 20 heavy (non-hydrogen) atoms. The van der Waals surface area contributed by atoms with E-state index in [4.69, 9.17) is 15.2 Å². The van der Waals surface area contributed by atoms with Crippen molar-refractivity contribution in [1.29, 1.82) is 0 Å². The van der Waals surface area contributed by atoms with Crippen LogP contribution in [0.15, 0.2) is 23.2 Å². The predicted octanol–water partition coefficient (Wildman–Crippen LogP) is 2.43. The zero-order valence-electron chi connectivity index (χ0n) is 11.8. The second-order valence-corrected chi connectivity index (χ2v) is 5.26. The Morgan fingerprint density at radius 1 is 1.45 bits per heavy atom. The largest absolute Gasteiger partial charge is 0.480 e. The number of hydrogen-bond acceptors (Lipinski definition) is 4. The van der Waals surface area contributed by atoms with Crippen molar-refractivity contribution in [1.82, 2.24) is 0 Å². The number of benzene rings is 1. The number of aliphatic imine (C=N–C) groups is 1. The van der Waals surface area contributed by atoms with Gasteiger partial charge in [0.05, 0.1) is 18.3 Å². The molecule has 1 aromatic rings. The molecule has 3 rings (SSSR count). The number of nitrogens with one attached hydrogen (secondary N) is 1. The minimum Gasteiger partial charge on any atom is -0.480 e. The Hall–Kier alpha value is -1.75. The van der Waals surface area contributed by atoms with Gasteiger partial charge in [0.25, 0.3) is 0 Å². The number of ether oxygens (including phenoxy) is 2. The molecule has 0 aromatic heterocycles. The van der Waals surface area contributed by atoms with Gasteiger partial charge >= 0.3 is 0 Å². The van der Waals surface area contributed by atoms with E-state index in [1.165, 1.54) is 0 Å². The first-order valence-corrected chi connectivity index (χ1v) is 7.25. The third-order valence-electron chi connectivity index (χ3n) is 3.70. The molecular formula is C15H21N3O2. The van der Waals surface area contributed by atoms with Crippen LogP contribution in [0.1, 0.15) is 26.2 Å². The van der Waals surface area contributed by atoms with Gasteiger partial charge in [-0.2, -0.15) is 0 Å². The van der Waals surface area contributed by atoms with Gasteiger partial charge in [0.15, 0.2) is 6.10 Å². The van der Waals surface area contributed by atoms with Gasteiger partial charge in [-0.05, 0) is 37.5 Å². The van der Waals surface area contributed by atoms with Crippen LogP contribution in [0.5, 0.6) is 5.75 Å². The zero-order chi connectivity index (χ0) is 13.9. The van der Waals surface area contributed by atoms with Crippen LogP contribution in [0, 0.1) is 0 Å². The highest BCUT2D eigenvalue weighted by atomic mass is 16.5. The lowest BCUT2D eigenvalue weighted by atomic mass is 10.1. The van der Waals surface area contributed by atoms with Crippen LogP contribution >= 0.6 is 0 Å². The van der Waals surface area contributed by atoms with Gasteiger partial charge in [-0.1, -0.05) is 6.92 Å². The minimum absolute atomic E-state index is 0.0208. The van der Waals surface area contributed by atoms with Crippen LogP contribution < -0.4 is 15.8 Å². The molecule has 3 N–H and O–H groups in total. The Morgan fingerprint density at radius 3 is 3.10 bits per heavy atom. The van der Waals surface area contributed by atoms with Crippen LogP contribution in [0.2, 0.25) is 0 Å². The summed E-state index contributed by atoms with van der Waals surface area (Å²) >= 11 is 0. The second kappa shape index (κ2) is 5.71. The summed E-state index contributed by atoms with van der Waals surface area (Å²) in [7, 11) is 0. The summed E-state index contributed by atoms with van der Waals surface area (Å²) in [5.74, 6) is 1.71. The zero-order valence-corrected chi connectivity index (χ0v) is 11.8. The molecule has 0 saturated carbocycles. The number of amidine groups is 1. The highest BCUT2D eigenvalue weighted by Gasteiger charge is 2.25. The standard InChI is InChI=1S/C15H21N3O2/c1-2-13-15(17-9-11-4-3-7-19-11)18-12-8-10(16)5-6-14(12)20-13/h5-6,8,11,13H,2-4,7,9,16H2,1H3,(H,17,18). The van der Waals surface area contributed by atoms with Gasteiger partial charge in [0.1, 0.15) is 11.6 Å². The summed E-state index contributed by atoms with van der Waals surface area (Å²) in [5, 5.41) is 3.35. The molecule has 1 saturated heterocycles. The quantitative estimate of drug-likeness (QED) is 0.831. The Labute approximate surface area is 119 Å². The molecule has 2 aliphatic heterocycles. The molecule has 5 nitrogen and oxygen atoms in total. The smallest absolute Gasteiger partial charge is 0.155 e. The number of nitrogens with zero attached hydrogens (tertiary/aromatic N) is 1. The lowest BCUT2D eigenvalue weighted by molar-refractivity contribution is 0.117. The minimum atomic E-state index is -0.0208. The lowest BCUT2D eigenvalue weighted by Crippen LogP contribution is -2.37. The first-order chi connectivity index (χ1) is 9.76. The highest BCUT2D eigenvalue weighted by Crippen LogP contribution is 2.32. The van der Waals surface area contributed by atoms with E-state index in [0.29, 0.717) is 12.2 Å². The first kappa shape index (κ1) is 13.2. The Bertz CT molecular complexity index is 510. The van der Waals surface area contributed by atoms with Crippen molar-refractivity contribution in [3.05, 3.63) is 18.2 Å².